The minimum absolute atomic E-state index is 0.0244. The number of nitrogens with one attached hydrogen (secondary N) is 2. The Morgan fingerprint density at radius 3 is 2.09 bits per heavy atom. The second kappa shape index (κ2) is 18.8. The number of ether oxygens (including phenoxy) is 2. The summed E-state index contributed by atoms with van der Waals surface area (Å²) in [5, 5.41) is 5.04. The number of rotatable bonds is 13. The largest absolute Gasteiger partial charge is 0.466 e. The topological polar surface area (TPSA) is 111 Å². The van der Waals surface area contributed by atoms with E-state index < -0.39 is 23.9 Å². The first-order valence-corrected chi connectivity index (χ1v) is 11.3. The number of amides is 2. The molecule has 1 aromatic rings. The summed E-state index contributed by atoms with van der Waals surface area (Å²) in [4.78, 5) is 47.5. The second-order valence-electron chi connectivity index (χ2n) is 7.04. The van der Waals surface area contributed by atoms with Crippen molar-refractivity contribution in [3.63, 3.8) is 0 Å². The summed E-state index contributed by atoms with van der Waals surface area (Å²) >= 11 is 0. The molecule has 0 heterocycles. The molecule has 1 rings (SSSR count). The lowest BCUT2D eigenvalue weighted by atomic mass is 10.1. The standard InChI is InChI=1S/C21H30N2O6.C3H8/c1-3-28-20(26)14-13-17(21(27)29-4-2)23-19(25)15-22-18(24)12-8-11-16-9-6-5-7-10-16;1-3-2/h5-7,9-10,17H,3-4,8,11-15H2,1-2H3,(H,22,24)(H,23,25);3H2,1-2H3. The maximum absolute atomic E-state index is 12.1. The summed E-state index contributed by atoms with van der Waals surface area (Å²) in [6.07, 6.45) is 3.03. The first-order chi connectivity index (χ1) is 15.4. The van der Waals surface area contributed by atoms with Crippen LogP contribution in [0.4, 0.5) is 0 Å². The zero-order valence-corrected chi connectivity index (χ0v) is 19.8. The molecular weight excluding hydrogens is 412 g/mol. The van der Waals surface area contributed by atoms with E-state index in [1.165, 1.54) is 6.42 Å². The first-order valence-electron chi connectivity index (χ1n) is 11.3. The summed E-state index contributed by atoms with van der Waals surface area (Å²) in [5.74, 6) is -1.85. The van der Waals surface area contributed by atoms with Crippen molar-refractivity contribution in [3.05, 3.63) is 35.9 Å². The molecule has 2 amide bonds. The molecule has 180 valence electrons. The minimum atomic E-state index is -0.971. The predicted molar refractivity (Wildman–Crippen MR) is 123 cm³/mol. The van der Waals surface area contributed by atoms with Gasteiger partial charge in [0.15, 0.2) is 0 Å². The Bertz CT molecular complexity index is 678. The maximum Gasteiger partial charge on any atom is 0.328 e. The number of hydrogen-bond donors (Lipinski definition) is 2. The van der Waals surface area contributed by atoms with Crippen LogP contribution in [0, 0.1) is 0 Å². The van der Waals surface area contributed by atoms with E-state index in [9.17, 15) is 19.2 Å². The molecule has 1 atom stereocenters. The summed E-state index contributed by atoms with van der Waals surface area (Å²) in [7, 11) is 0. The second-order valence-corrected chi connectivity index (χ2v) is 7.04. The van der Waals surface area contributed by atoms with Gasteiger partial charge in [0.25, 0.3) is 0 Å². The molecule has 0 aliphatic rings. The van der Waals surface area contributed by atoms with Crippen LogP contribution >= 0.6 is 0 Å². The van der Waals surface area contributed by atoms with E-state index in [-0.39, 0.29) is 38.5 Å². The summed E-state index contributed by atoms with van der Waals surface area (Å²) in [6, 6.07) is 8.85. The molecule has 1 aromatic carbocycles. The van der Waals surface area contributed by atoms with E-state index >= 15 is 0 Å². The Kier molecular flexibility index (Phi) is 17.1. The van der Waals surface area contributed by atoms with Gasteiger partial charge in [-0.2, -0.15) is 0 Å². The molecule has 8 nitrogen and oxygen atoms in total. The van der Waals surface area contributed by atoms with Gasteiger partial charge in [0.1, 0.15) is 6.04 Å². The highest BCUT2D eigenvalue weighted by molar-refractivity contribution is 5.88. The van der Waals surface area contributed by atoms with E-state index in [0.717, 1.165) is 12.0 Å². The fourth-order valence-corrected chi connectivity index (χ4v) is 2.60. The van der Waals surface area contributed by atoms with Crippen molar-refractivity contribution in [2.75, 3.05) is 19.8 Å². The fourth-order valence-electron chi connectivity index (χ4n) is 2.60. The van der Waals surface area contributed by atoms with Crippen molar-refractivity contribution in [1.82, 2.24) is 10.6 Å². The van der Waals surface area contributed by atoms with Crippen LogP contribution in [0.5, 0.6) is 0 Å². The van der Waals surface area contributed by atoms with Gasteiger partial charge in [0.2, 0.25) is 11.8 Å². The molecule has 0 aliphatic heterocycles. The van der Waals surface area contributed by atoms with Crippen LogP contribution in [-0.4, -0.2) is 49.6 Å². The quantitative estimate of drug-likeness (QED) is 0.447. The van der Waals surface area contributed by atoms with E-state index in [4.69, 9.17) is 9.47 Å². The fraction of sp³-hybridized carbons (Fsp3) is 0.583. The highest BCUT2D eigenvalue weighted by Crippen LogP contribution is 2.05. The molecular formula is C24H38N2O6. The number of benzene rings is 1. The molecule has 1 unspecified atom stereocenters. The number of aryl methyl sites for hydroxylation is 1. The lowest BCUT2D eigenvalue weighted by molar-refractivity contribution is -0.148. The van der Waals surface area contributed by atoms with E-state index in [0.29, 0.717) is 12.8 Å². The van der Waals surface area contributed by atoms with Crippen LogP contribution in [0.3, 0.4) is 0 Å². The van der Waals surface area contributed by atoms with Crippen molar-refractivity contribution in [1.29, 1.82) is 0 Å². The Hall–Kier alpha value is -2.90. The van der Waals surface area contributed by atoms with Crippen molar-refractivity contribution in [2.45, 2.75) is 72.3 Å². The van der Waals surface area contributed by atoms with Gasteiger partial charge in [0.05, 0.1) is 19.8 Å². The van der Waals surface area contributed by atoms with Crippen LogP contribution in [-0.2, 0) is 35.1 Å². The molecule has 32 heavy (non-hydrogen) atoms. The maximum atomic E-state index is 12.1. The van der Waals surface area contributed by atoms with E-state index in [2.05, 4.69) is 24.5 Å². The Morgan fingerprint density at radius 1 is 0.875 bits per heavy atom. The highest BCUT2D eigenvalue weighted by Gasteiger charge is 2.23. The van der Waals surface area contributed by atoms with Crippen molar-refractivity contribution < 1.29 is 28.7 Å². The Morgan fingerprint density at radius 2 is 1.50 bits per heavy atom. The van der Waals surface area contributed by atoms with Crippen LogP contribution in [0.25, 0.3) is 0 Å². The summed E-state index contributed by atoms with van der Waals surface area (Å²) in [6.45, 7) is 7.73. The van der Waals surface area contributed by atoms with Crippen LogP contribution in [0.15, 0.2) is 30.3 Å². The lowest BCUT2D eigenvalue weighted by Gasteiger charge is -2.17. The molecule has 0 bridgehead atoms. The molecule has 0 aromatic heterocycles. The minimum Gasteiger partial charge on any atom is -0.466 e. The molecule has 0 spiro atoms. The molecule has 0 aliphatic carbocycles. The molecule has 0 radical (unpaired) electrons. The zero-order valence-electron chi connectivity index (χ0n) is 19.8. The Balaban J connectivity index is 0.00000302. The smallest absolute Gasteiger partial charge is 0.328 e. The molecule has 0 fully saturated rings. The highest BCUT2D eigenvalue weighted by atomic mass is 16.5. The summed E-state index contributed by atoms with van der Waals surface area (Å²) < 4.78 is 9.75. The number of hydrogen-bond acceptors (Lipinski definition) is 6. The van der Waals surface area contributed by atoms with Gasteiger partial charge in [-0.05, 0) is 38.7 Å². The lowest BCUT2D eigenvalue weighted by Crippen LogP contribution is -2.46. The van der Waals surface area contributed by atoms with Crippen molar-refractivity contribution in [3.8, 4) is 0 Å². The third-order valence-corrected chi connectivity index (χ3v) is 4.01. The molecule has 8 heteroatoms. The number of carbonyl (C=O) groups is 4. The van der Waals surface area contributed by atoms with Crippen molar-refractivity contribution >= 4 is 23.8 Å². The molecule has 2 N–H and O–H groups in total. The monoisotopic (exact) mass is 450 g/mol. The molecule has 0 saturated heterocycles. The van der Waals surface area contributed by atoms with Gasteiger partial charge in [-0.3, -0.25) is 14.4 Å². The number of carbonyl (C=O) groups excluding carboxylic acids is 4. The summed E-state index contributed by atoms with van der Waals surface area (Å²) in [5.41, 5.74) is 1.15. The van der Waals surface area contributed by atoms with Crippen LogP contribution < -0.4 is 10.6 Å². The van der Waals surface area contributed by atoms with Crippen molar-refractivity contribution in [2.24, 2.45) is 0 Å². The Labute approximate surface area is 191 Å². The normalized spacial score (nSPS) is 10.8. The SMILES string of the molecule is CCC.CCOC(=O)CCC(NC(=O)CNC(=O)CCCc1ccccc1)C(=O)OCC. The first kappa shape index (κ1) is 29.1. The average Bonchev–Trinajstić information content (AvgIpc) is 2.77. The van der Waals surface area contributed by atoms with Gasteiger partial charge in [-0.1, -0.05) is 50.6 Å². The molecule has 0 saturated carbocycles. The van der Waals surface area contributed by atoms with Gasteiger partial charge >= 0.3 is 11.9 Å². The third-order valence-electron chi connectivity index (χ3n) is 4.01. The van der Waals surface area contributed by atoms with Crippen LogP contribution in [0.1, 0.15) is 65.4 Å². The zero-order chi connectivity index (χ0) is 24.2. The van der Waals surface area contributed by atoms with Gasteiger partial charge in [0, 0.05) is 12.8 Å². The average molecular weight is 451 g/mol. The number of esters is 2. The predicted octanol–water partition coefficient (Wildman–Crippen LogP) is 2.93. The van der Waals surface area contributed by atoms with Crippen LogP contribution in [0.2, 0.25) is 0 Å². The van der Waals surface area contributed by atoms with E-state index in [1.807, 2.05) is 30.3 Å². The third kappa shape index (κ3) is 15.0. The van der Waals surface area contributed by atoms with Gasteiger partial charge in [-0.15, -0.1) is 0 Å². The van der Waals surface area contributed by atoms with Gasteiger partial charge < -0.3 is 20.1 Å². The van der Waals surface area contributed by atoms with Gasteiger partial charge in [-0.25, -0.2) is 4.79 Å². The van der Waals surface area contributed by atoms with E-state index in [1.54, 1.807) is 13.8 Å².